The maximum Gasteiger partial charge on any atom is 0.137 e. The standard InChI is InChI=1S/C19H22N4.2ClH/c1-14-6-5-9-19-21-16(11-23(14)19)10-22-12-17(18(20)13-22)15-7-3-2-4-8-15;;/h2-9,11,17-18H,10,12-13,20H2,1H3;2*1H/t17-,18+;;/m0../s1. The topological polar surface area (TPSA) is 46.6 Å². The Kier molecular flexibility index (Phi) is 6.47. The van der Waals surface area contributed by atoms with Crippen LogP contribution in [0.25, 0.3) is 5.65 Å². The lowest BCUT2D eigenvalue weighted by Crippen LogP contribution is -2.28. The van der Waals surface area contributed by atoms with Crippen molar-refractivity contribution >= 4 is 30.5 Å². The Morgan fingerprint density at radius 3 is 2.52 bits per heavy atom. The van der Waals surface area contributed by atoms with Crippen molar-refractivity contribution in [3.63, 3.8) is 0 Å². The minimum absolute atomic E-state index is 0. The minimum Gasteiger partial charge on any atom is -0.326 e. The third-order valence-electron chi connectivity index (χ3n) is 4.80. The van der Waals surface area contributed by atoms with E-state index in [1.54, 1.807) is 0 Å². The average Bonchev–Trinajstić information content (AvgIpc) is 3.12. The molecule has 6 heteroatoms. The Morgan fingerprint density at radius 1 is 1.04 bits per heavy atom. The lowest BCUT2D eigenvalue weighted by molar-refractivity contribution is 0.320. The molecule has 0 amide bonds. The highest BCUT2D eigenvalue weighted by Gasteiger charge is 2.31. The molecule has 3 heterocycles. The van der Waals surface area contributed by atoms with Crippen molar-refractivity contribution in [3.05, 3.63) is 71.7 Å². The highest BCUT2D eigenvalue weighted by molar-refractivity contribution is 5.85. The highest BCUT2D eigenvalue weighted by Crippen LogP contribution is 2.27. The molecule has 3 aromatic rings. The zero-order valence-corrected chi connectivity index (χ0v) is 15.8. The number of nitrogens with zero attached hydrogens (tertiary/aromatic N) is 3. The number of rotatable bonds is 3. The van der Waals surface area contributed by atoms with Crippen LogP contribution in [0.5, 0.6) is 0 Å². The number of aromatic nitrogens is 2. The molecule has 134 valence electrons. The summed E-state index contributed by atoms with van der Waals surface area (Å²) >= 11 is 0. The van der Waals surface area contributed by atoms with Crippen LogP contribution in [-0.4, -0.2) is 33.4 Å². The van der Waals surface area contributed by atoms with Crippen LogP contribution >= 0.6 is 24.8 Å². The molecule has 2 N–H and O–H groups in total. The largest absolute Gasteiger partial charge is 0.326 e. The predicted molar refractivity (Wildman–Crippen MR) is 107 cm³/mol. The van der Waals surface area contributed by atoms with Gasteiger partial charge in [-0.25, -0.2) is 4.98 Å². The summed E-state index contributed by atoms with van der Waals surface area (Å²) in [7, 11) is 0. The lowest BCUT2D eigenvalue weighted by atomic mass is 9.95. The van der Waals surface area contributed by atoms with Crippen LogP contribution in [0.2, 0.25) is 0 Å². The predicted octanol–water partition coefficient (Wildman–Crippen LogP) is 3.41. The first kappa shape index (κ1) is 19.7. The van der Waals surface area contributed by atoms with E-state index in [1.807, 2.05) is 0 Å². The summed E-state index contributed by atoms with van der Waals surface area (Å²) in [6, 6.07) is 17.0. The van der Waals surface area contributed by atoms with Crippen LogP contribution in [0.1, 0.15) is 22.9 Å². The molecule has 0 unspecified atom stereocenters. The van der Waals surface area contributed by atoms with Gasteiger partial charge in [-0.2, -0.15) is 0 Å². The normalized spacial score (nSPS) is 20.2. The second-order valence-electron chi connectivity index (χ2n) is 6.50. The van der Waals surface area contributed by atoms with Gasteiger partial charge >= 0.3 is 0 Å². The summed E-state index contributed by atoms with van der Waals surface area (Å²) in [4.78, 5) is 7.16. The van der Waals surface area contributed by atoms with Gasteiger partial charge in [-0.1, -0.05) is 36.4 Å². The molecule has 0 radical (unpaired) electrons. The quantitative estimate of drug-likeness (QED) is 0.759. The Labute approximate surface area is 160 Å². The van der Waals surface area contributed by atoms with Gasteiger partial charge in [-0.15, -0.1) is 24.8 Å². The molecule has 1 aliphatic heterocycles. The van der Waals surface area contributed by atoms with Gasteiger partial charge in [-0.3, -0.25) is 4.90 Å². The van der Waals surface area contributed by atoms with Gasteiger partial charge in [0.25, 0.3) is 0 Å². The third kappa shape index (κ3) is 3.98. The number of hydrogen-bond acceptors (Lipinski definition) is 3. The van der Waals surface area contributed by atoms with Gasteiger partial charge in [-0.05, 0) is 24.6 Å². The number of likely N-dealkylation sites (tertiary alicyclic amines) is 1. The summed E-state index contributed by atoms with van der Waals surface area (Å²) in [6.45, 7) is 4.89. The molecule has 0 spiro atoms. The number of benzene rings is 1. The summed E-state index contributed by atoms with van der Waals surface area (Å²) in [5.41, 5.74) is 11.1. The van der Waals surface area contributed by atoms with Gasteiger partial charge in [0, 0.05) is 43.5 Å². The maximum atomic E-state index is 6.39. The minimum atomic E-state index is 0. The van der Waals surface area contributed by atoms with E-state index in [0.29, 0.717) is 5.92 Å². The molecular formula is C19H24Cl2N4. The second kappa shape index (κ2) is 8.19. The van der Waals surface area contributed by atoms with Crippen LogP contribution in [0.3, 0.4) is 0 Å². The molecule has 25 heavy (non-hydrogen) atoms. The van der Waals surface area contributed by atoms with Crippen LogP contribution in [-0.2, 0) is 6.54 Å². The Morgan fingerprint density at radius 2 is 1.80 bits per heavy atom. The summed E-state index contributed by atoms with van der Waals surface area (Å²) < 4.78 is 2.15. The van der Waals surface area contributed by atoms with Crippen molar-refractivity contribution < 1.29 is 0 Å². The second-order valence-corrected chi connectivity index (χ2v) is 6.50. The molecule has 1 aliphatic rings. The first-order valence-electron chi connectivity index (χ1n) is 8.17. The average molecular weight is 379 g/mol. The SMILES string of the molecule is Cc1cccc2nc(CN3C[C@@H](N)[C@H](c4ccccc4)C3)cn12.Cl.Cl. The fourth-order valence-electron chi connectivity index (χ4n) is 3.60. The molecule has 2 aromatic heterocycles. The van der Waals surface area contributed by atoms with E-state index in [-0.39, 0.29) is 30.9 Å². The van der Waals surface area contributed by atoms with Gasteiger partial charge in [0.2, 0.25) is 0 Å². The molecule has 1 aromatic carbocycles. The van der Waals surface area contributed by atoms with Crippen molar-refractivity contribution in [1.82, 2.24) is 14.3 Å². The van der Waals surface area contributed by atoms with E-state index >= 15 is 0 Å². The molecule has 0 aliphatic carbocycles. The van der Waals surface area contributed by atoms with Crippen LogP contribution in [0.15, 0.2) is 54.7 Å². The fraction of sp³-hybridized carbons (Fsp3) is 0.316. The van der Waals surface area contributed by atoms with Gasteiger partial charge < -0.3 is 10.1 Å². The van der Waals surface area contributed by atoms with Crippen LogP contribution in [0, 0.1) is 6.92 Å². The molecule has 0 bridgehead atoms. The van der Waals surface area contributed by atoms with E-state index in [1.165, 1.54) is 11.3 Å². The molecule has 0 saturated carbocycles. The number of imidazole rings is 1. The first-order chi connectivity index (χ1) is 11.2. The zero-order chi connectivity index (χ0) is 15.8. The Hall–Kier alpha value is -1.59. The van der Waals surface area contributed by atoms with Crippen molar-refractivity contribution in [3.8, 4) is 0 Å². The highest BCUT2D eigenvalue weighted by atomic mass is 35.5. The van der Waals surface area contributed by atoms with Crippen molar-refractivity contribution in [2.24, 2.45) is 5.73 Å². The smallest absolute Gasteiger partial charge is 0.137 e. The maximum absolute atomic E-state index is 6.39. The third-order valence-corrected chi connectivity index (χ3v) is 4.80. The summed E-state index contributed by atoms with van der Waals surface area (Å²) in [5.74, 6) is 0.412. The molecule has 1 fully saturated rings. The number of aryl methyl sites for hydroxylation is 1. The molecule has 1 saturated heterocycles. The number of nitrogens with two attached hydrogens (primary N) is 1. The number of halogens is 2. The van der Waals surface area contributed by atoms with Crippen molar-refractivity contribution in [2.45, 2.75) is 25.4 Å². The van der Waals surface area contributed by atoms with E-state index in [4.69, 9.17) is 10.7 Å². The number of fused-ring (bicyclic) bond motifs is 1. The first-order valence-corrected chi connectivity index (χ1v) is 8.17. The van der Waals surface area contributed by atoms with Crippen LogP contribution < -0.4 is 5.73 Å². The van der Waals surface area contributed by atoms with Gasteiger partial charge in [0.05, 0.1) is 5.69 Å². The molecule has 4 rings (SSSR count). The Bertz CT molecular complexity index is 819. The summed E-state index contributed by atoms with van der Waals surface area (Å²) in [5, 5.41) is 0. The van der Waals surface area contributed by atoms with Crippen molar-refractivity contribution in [2.75, 3.05) is 13.1 Å². The van der Waals surface area contributed by atoms with E-state index in [0.717, 1.165) is 31.0 Å². The molecular weight excluding hydrogens is 355 g/mol. The van der Waals surface area contributed by atoms with E-state index in [2.05, 4.69) is 71.0 Å². The van der Waals surface area contributed by atoms with Gasteiger partial charge in [0.1, 0.15) is 5.65 Å². The van der Waals surface area contributed by atoms with Crippen molar-refractivity contribution in [1.29, 1.82) is 0 Å². The molecule has 4 nitrogen and oxygen atoms in total. The fourth-order valence-corrected chi connectivity index (χ4v) is 3.60. The van der Waals surface area contributed by atoms with Gasteiger partial charge in [0.15, 0.2) is 0 Å². The summed E-state index contributed by atoms with van der Waals surface area (Å²) in [6.07, 6.45) is 2.14. The number of pyridine rings is 1. The van der Waals surface area contributed by atoms with Crippen LogP contribution in [0.4, 0.5) is 0 Å². The van der Waals surface area contributed by atoms with E-state index < -0.39 is 0 Å². The monoisotopic (exact) mass is 378 g/mol. The zero-order valence-electron chi connectivity index (χ0n) is 14.2. The Balaban J connectivity index is 0.00000113. The molecule has 2 atom stereocenters. The number of hydrogen-bond donors (Lipinski definition) is 1. The lowest BCUT2D eigenvalue weighted by Gasteiger charge is -2.15. The van der Waals surface area contributed by atoms with E-state index in [9.17, 15) is 0 Å².